The zero-order valence-corrected chi connectivity index (χ0v) is 19.8. The summed E-state index contributed by atoms with van der Waals surface area (Å²) in [5.41, 5.74) is 2.08. The van der Waals surface area contributed by atoms with Gasteiger partial charge in [0.1, 0.15) is 0 Å². The van der Waals surface area contributed by atoms with Crippen LogP contribution in [0.1, 0.15) is 16.2 Å². The number of carbonyl (C=O) groups is 1. The van der Waals surface area contributed by atoms with Gasteiger partial charge in [-0.05, 0) is 36.9 Å². The van der Waals surface area contributed by atoms with E-state index in [0.29, 0.717) is 24.2 Å². The summed E-state index contributed by atoms with van der Waals surface area (Å²) in [6.07, 6.45) is 0. The van der Waals surface area contributed by atoms with Crippen molar-refractivity contribution >= 4 is 30.1 Å². The largest absolute Gasteiger partial charge is 0.412 e. The van der Waals surface area contributed by atoms with E-state index in [1.54, 1.807) is 23.8 Å². The molecule has 0 spiro atoms. The Bertz CT molecular complexity index is 994. The van der Waals surface area contributed by atoms with Crippen LogP contribution in [-0.4, -0.2) is 71.6 Å². The normalized spacial score (nSPS) is 13.7. The van der Waals surface area contributed by atoms with Crippen LogP contribution in [0, 0.1) is 0 Å². The van der Waals surface area contributed by atoms with Gasteiger partial charge in [0.2, 0.25) is 5.89 Å². The van der Waals surface area contributed by atoms with Gasteiger partial charge in [0.05, 0.1) is 6.61 Å². The molecule has 0 aliphatic carbocycles. The van der Waals surface area contributed by atoms with Gasteiger partial charge < -0.3 is 14.1 Å². The van der Waals surface area contributed by atoms with Crippen molar-refractivity contribution in [3.63, 3.8) is 0 Å². The van der Waals surface area contributed by atoms with Gasteiger partial charge in [-0.15, -0.1) is 34.4 Å². The molecule has 1 amide bonds. The minimum absolute atomic E-state index is 0. The number of hydrogen-bond acceptors (Lipinski definition) is 7. The number of aromatic nitrogens is 2. The summed E-state index contributed by atoms with van der Waals surface area (Å²) in [4.78, 5) is 17.8. The topological polar surface area (TPSA) is 71.7 Å². The van der Waals surface area contributed by atoms with Crippen molar-refractivity contribution < 1.29 is 13.9 Å². The Hall–Kier alpha value is -2.39. The molecule has 4 rings (SSSR count). The molecule has 0 bridgehead atoms. The van der Waals surface area contributed by atoms with E-state index in [-0.39, 0.29) is 24.2 Å². The van der Waals surface area contributed by atoms with Gasteiger partial charge in [0.15, 0.2) is 0 Å². The van der Waals surface area contributed by atoms with Gasteiger partial charge in [-0.2, -0.15) is 0 Å². The first-order chi connectivity index (χ1) is 15.1. The Morgan fingerprint density at radius 1 is 1.16 bits per heavy atom. The van der Waals surface area contributed by atoms with E-state index in [1.807, 2.05) is 30.3 Å². The molecule has 0 unspecified atom stereocenters. The van der Waals surface area contributed by atoms with E-state index in [2.05, 4.69) is 46.4 Å². The maximum absolute atomic E-state index is 12.6. The summed E-state index contributed by atoms with van der Waals surface area (Å²) in [7, 11) is 3.81. The number of likely N-dealkylation sites (N-methyl/N-ethyl adjacent to an activating group) is 1. The highest BCUT2D eigenvalue weighted by Crippen LogP contribution is 2.31. The Labute approximate surface area is 198 Å². The molecular formula is C23H27ClN4O3S. The van der Waals surface area contributed by atoms with Crippen molar-refractivity contribution in [2.75, 3.05) is 40.4 Å². The number of methoxy groups -OCH3 is 1. The summed E-state index contributed by atoms with van der Waals surface area (Å²) in [6.45, 7) is 3.89. The Morgan fingerprint density at radius 2 is 1.88 bits per heavy atom. The summed E-state index contributed by atoms with van der Waals surface area (Å²) < 4.78 is 10.7. The average Bonchev–Trinajstić information content (AvgIpc) is 3.26. The summed E-state index contributed by atoms with van der Waals surface area (Å²) in [6, 6.07) is 18.1. The fraction of sp³-hybridized carbons (Fsp3) is 0.348. The van der Waals surface area contributed by atoms with Crippen molar-refractivity contribution in [1.82, 2.24) is 20.0 Å². The molecule has 0 N–H and O–H groups in total. The van der Waals surface area contributed by atoms with Crippen LogP contribution in [0.2, 0.25) is 0 Å². The fourth-order valence-corrected chi connectivity index (χ4v) is 4.51. The van der Waals surface area contributed by atoms with Crippen LogP contribution in [-0.2, 0) is 11.3 Å². The lowest BCUT2D eigenvalue weighted by molar-refractivity contribution is 0.0623. The Kier molecular flexibility index (Phi) is 8.69. The molecular weight excluding hydrogens is 448 g/mol. The monoisotopic (exact) mass is 474 g/mol. The first-order valence-electron chi connectivity index (χ1n) is 10.2. The number of ether oxygens (including phenoxy) is 1. The molecule has 170 valence electrons. The van der Waals surface area contributed by atoms with Crippen LogP contribution in [0.25, 0.3) is 11.5 Å². The number of nitrogens with zero attached hydrogens (tertiary/aromatic N) is 4. The van der Waals surface area contributed by atoms with E-state index in [9.17, 15) is 4.79 Å². The second-order valence-electron chi connectivity index (χ2n) is 7.60. The molecule has 2 aromatic carbocycles. The van der Waals surface area contributed by atoms with Crippen LogP contribution in [0.4, 0.5) is 0 Å². The van der Waals surface area contributed by atoms with Gasteiger partial charge >= 0.3 is 11.8 Å². The minimum Gasteiger partial charge on any atom is -0.412 e. The van der Waals surface area contributed by atoms with Crippen LogP contribution in [0.15, 0.2) is 63.9 Å². The second kappa shape index (κ2) is 11.5. The molecule has 7 nitrogen and oxygen atoms in total. The average molecular weight is 475 g/mol. The molecule has 1 saturated heterocycles. The van der Waals surface area contributed by atoms with E-state index in [4.69, 9.17) is 9.15 Å². The number of likely N-dealkylation sites (tertiary alicyclic amines) is 1. The van der Waals surface area contributed by atoms with Gasteiger partial charge in [-0.3, -0.25) is 9.69 Å². The molecule has 32 heavy (non-hydrogen) atoms. The summed E-state index contributed by atoms with van der Waals surface area (Å²) >= 11 is 1.80. The Morgan fingerprint density at radius 3 is 2.56 bits per heavy atom. The summed E-state index contributed by atoms with van der Waals surface area (Å²) in [5.74, 6) is 0.202. The number of benzene rings is 2. The Balaban J connectivity index is 0.00000289. The summed E-state index contributed by atoms with van der Waals surface area (Å²) in [5, 5.41) is 8.30. The highest BCUT2D eigenvalue weighted by molar-refractivity contribution is 8.00. The predicted octanol–water partition coefficient (Wildman–Crippen LogP) is 3.85. The third-order valence-electron chi connectivity index (χ3n) is 5.12. The SMILES string of the molecule is COCCN(C)Cc1ccc(SC2CN(C(=O)c3nnc(-c4ccccc4)o3)C2)cc1.Cl. The van der Waals surface area contributed by atoms with Crippen molar-refractivity contribution in [3.05, 3.63) is 66.1 Å². The zero-order chi connectivity index (χ0) is 21.6. The number of thioether (sulfide) groups is 1. The maximum atomic E-state index is 12.6. The van der Waals surface area contributed by atoms with Crippen LogP contribution < -0.4 is 0 Å². The molecule has 0 saturated carbocycles. The van der Waals surface area contributed by atoms with Crippen molar-refractivity contribution in [2.45, 2.75) is 16.7 Å². The lowest BCUT2D eigenvalue weighted by atomic mass is 10.2. The molecule has 1 aliphatic heterocycles. The molecule has 0 radical (unpaired) electrons. The predicted molar refractivity (Wildman–Crippen MR) is 127 cm³/mol. The van der Waals surface area contributed by atoms with Crippen molar-refractivity contribution in [2.24, 2.45) is 0 Å². The third-order valence-corrected chi connectivity index (χ3v) is 6.30. The molecule has 1 aliphatic rings. The van der Waals surface area contributed by atoms with E-state index in [1.165, 1.54) is 10.5 Å². The lowest BCUT2D eigenvalue weighted by Crippen LogP contribution is -2.52. The molecule has 1 aromatic heterocycles. The van der Waals surface area contributed by atoms with E-state index in [0.717, 1.165) is 25.3 Å². The van der Waals surface area contributed by atoms with Crippen molar-refractivity contribution in [3.8, 4) is 11.5 Å². The zero-order valence-electron chi connectivity index (χ0n) is 18.1. The first kappa shape index (κ1) is 24.3. The molecule has 1 fully saturated rings. The van der Waals surface area contributed by atoms with Gasteiger partial charge in [0.25, 0.3) is 0 Å². The standard InChI is InChI=1S/C23H26N4O3S.ClH/c1-26(12-13-29-2)14-17-8-10-19(11-9-17)31-20-15-27(16-20)23(28)22-25-24-21(30-22)18-6-4-3-5-7-18;/h3-11,20H,12-16H2,1-2H3;1H. The van der Waals surface area contributed by atoms with Crippen LogP contribution in [0.5, 0.6) is 0 Å². The maximum Gasteiger partial charge on any atom is 0.311 e. The van der Waals surface area contributed by atoms with Crippen LogP contribution in [0.3, 0.4) is 0 Å². The quantitative estimate of drug-likeness (QED) is 0.466. The number of amides is 1. The fourth-order valence-electron chi connectivity index (χ4n) is 3.32. The van der Waals surface area contributed by atoms with Crippen molar-refractivity contribution in [1.29, 1.82) is 0 Å². The first-order valence-corrected chi connectivity index (χ1v) is 11.1. The highest BCUT2D eigenvalue weighted by Gasteiger charge is 2.34. The van der Waals surface area contributed by atoms with Crippen LogP contribution >= 0.6 is 24.2 Å². The minimum atomic E-state index is -0.207. The molecule has 9 heteroatoms. The number of rotatable bonds is 9. The smallest absolute Gasteiger partial charge is 0.311 e. The molecule has 0 atom stereocenters. The van der Waals surface area contributed by atoms with Gasteiger partial charge in [0, 0.05) is 49.0 Å². The highest BCUT2D eigenvalue weighted by atomic mass is 35.5. The van der Waals surface area contributed by atoms with E-state index < -0.39 is 0 Å². The molecule has 2 heterocycles. The number of carbonyl (C=O) groups excluding carboxylic acids is 1. The van der Waals surface area contributed by atoms with E-state index >= 15 is 0 Å². The second-order valence-corrected chi connectivity index (χ2v) is 8.98. The number of halogens is 1. The molecule has 3 aromatic rings. The third kappa shape index (κ3) is 6.10. The number of hydrogen-bond donors (Lipinski definition) is 0. The van der Waals surface area contributed by atoms with Gasteiger partial charge in [-0.25, -0.2) is 0 Å². The van der Waals surface area contributed by atoms with Gasteiger partial charge in [-0.1, -0.05) is 30.3 Å². The lowest BCUT2D eigenvalue weighted by Gasteiger charge is -2.37.